The van der Waals surface area contributed by atoms with Gasteiger partial charge in [0.1, 0.15) is 16.5 Å². The van der Waals surface area contributed by atoms with E-state index in [-0.39, 0.29) is 37.8 Å². The number of amides is 1. The van der Waals surface area contributed by atoms with Crippen molar-refractivity contribution in [1.29, 1.82) is 0 Å². The van der Waals surface area contributed by atoms with Crippen LogP contribution >= 0.6 is 11.6 Å². The number of piperidine rings is 1. The first kappa shape index (κ1) is 22.3. The van der Waals surface area contributed by atoms with Crippen molar-refractivity contribution in [2.75, 3.05) is 18.4 Å². The van der Waals surface area contributed by atoms with Gasteiger partial charge in [-0.1, -0.05) is 16.7 Å². The molecular weight excluding hydrogens is 466 g/mol. The van der Waals surface area contributed by atoms with Gasteiger partial charge in [0.25, 0.3) is 0 Å². The summed E-state index contributed by atoms with van der Waals surface area (Å²) < 4.78 is 59.2. The molecule has 8 nitrogen and oxygen atoms in total. The molecule has 2 heterocycles. The van der Waals surface area contributed by atoms with E-state index in [0.717, 1.165) is 16.4 Å². The van der Waals surface area contributed by atoms with Gasteiger partial charge in [0, 0.05) is 29.6 Å². The number of nitrogens with one attached hydrogen (secondary N) is 1. The highest BCUT2D eigenvalue weighted by atomic mass is 35.5. The standard InChI is InChI=1S/C20H17ClF2N4O4S/c21-14-3-1-13(2-4-14)19-25-26-20(31-19)24-18(28)12-7-9-27(10-8-12)32(29,30)17-11-15(22)5-6-16(17)23/h1-6,11-12H,7-10H2,(H,24,26,28). The Morgan fingerprint density at radius 1 is 1.09 bits per heavy atom. The molecule has 1 fully saturated rings. The van der Waals surface area contributed by atoms with E-state index < -0.39 is 38.4 Å². The predicted octanol–water partition coefficient (Wildman–Crippen LogP) is 3.71. The zero-order valence-corrected chi connectivity index (χ0v) is 18.0. The molecule has 168 valence electrons. The summed E-state index contributed by atoms with van der Waals surface area (Å²) in [5.74, 6) is -2.58. The fraction of sp³-hybridized carbons (Fsp3) is 0.250. The maximum absolute atomic E-state index is 13.9. The van der Waals surface area contributed by atoms with Gasteiger partial charge in [0.15, 0.2) is 0 Å². The SMILES string of the molecule is O=C(Nc1nnc(-c2ccc(Cl)cc2)o1)C1CCN(S(=O)(=O)c2cc(F)ccc2F)CC1. The highest BCUT2D eigenvalue weighted by Crippen LogP contribution is 2.27. The number of halogens is 3. The summed E-state index contributed by atoms with van der Waals surface area (Å²) in [5, 5.41) is 10.8. The Balaban J connectivity index is 1.38. The molecule has 0 atom stereocenters. The maximum atomic E-state index is 13.9. The number of aromatic nitrogens is 2. The van der Waals surface area contributed by atoms with Crippen molar-refractivity contribution in [3.63, 3.8) is 0 Å². The lowest BCUT2D eigenvalue weighted by Crippen LogP contribution is -2.41. The second-order valence-corrected chi connectivity index (χ2v) is 9.50. The number of rotatable bonds is 5. The van der Waals surface area contributed by atoms with Gasteiger partial charge in [-0.25, -0.2) is 17.2 Å². The van der Waals surface area contributed by atoms with Crippen LogP contribution in [-0.4, -0.2) is 41.9 Å². The van der Waals surface area contributed by atoms with Crippen LogP contribution < -0.4 is 5.32 Å². The van der Waals surface area contributed by atoms with E-state index >= 15 is 0 Å². The average molecular weight is 483 g/mol. The van der Waals surface area contributed by atoms with Crippen molar-refractivity contribution in [3.05, 3.63) is 59.1 Å². The number of nitrogens with zero attached hydrogens (tertiary/aromatic N) is 3. The average Bonchev–Trinajstić information content (AvgIpc) is 3.24. The van der Waals surface area contributed by atoms with Gasteiger partial charge in [0.2, 0.25) is 21.8 Å². The zero-order chi connectivity index (χ0) is 22.9. The van der Waals surface area contributed by atoms with Crippen molar-refractivity contribution in [1.82, 2.24) is 14.5 Å². The van der Waals surface area contributed by atoms with Gasteiger partial charge in [-0.05, 0) is 55.3 Å². The molecule has 4 rings (SSSR count). The third kappa shape index (κ3) is 4.64. The lowest BCUT2D eigenvalue weighted by atomic mass is 9.97. The number of hydrogen-bond acceptors (Lipinski definition) is 6. The van der Waals surface area contributed by atoms with E-state index in [1.54, 1.807) is 24.3 Å². The molecule has 1 aliphatic rings. The summed E-state index contributed by atoms with van der Waals surface area (Å²) in [6, 6.07) is 8.89. The Hall–Kier alpha value is -2.89. The second kappa shape index (κ2) is 8.93. The third-order valence-electron chi connectivity index (χ3n) is 5.08. The minimum atomic E-state index is -4.22. The summed E-state index contributed by atoms with van der Waals surface area (Å²) in [6.07, 6.45) is 0.389. The number of benzene rings is 2. The molecular formula is C20H17ClF2N4O4S. The van der Waals surface area contributed by atoms with Gasteiger partial charge in [-0.15, -0.1) is 5.10 Å². The van der Waals surface area contributed by atoms with Crippen molar-refractivity contribution >= 4 is 33.5 Å². The van der Waals surface area contributed by atoms with Crippen LogP contribution in [0.4, 0.5) is 14.8 Å². The molecule has 0 bridgehead atoms. The van der Waals surface area contributed by atoms with E-state index in [9.17, 15) is 22.0 Å². The summed E-state index contributed by atoms with van der Waals surface area (Å²) in [6.45, 7) is -0.0353. The minimum Gasteiger partial charge on any atom is -0.403 e. The third-order valence-corrected chi connectivity index (χ3v) is 7.25. The summed E-state index contributed by atoms with van der Waals surface area (Å²) in [5.41, 5.74) is 0.630. The summed E-state index contributed by atoms with van der Waals surface area (Å²) >= 11 is 5.85. The molecule has 1 aliphatic heterocycles. The molecule has 1 amide bonds. The molecule has 12 heteroatoms. The molecule has 32 heavy (non-hydrogen) atoms. The first-order valence-electron chi connectivity index (χ1n) is 9.59. The maximum Gasteiger partial charge on any atom is 0.322 e. The Labute approximate surface area is 187 Å². The van der Waals surface area contributed by atoms with E-state index in [1.807, 2.05) is 0 Å². The van der Waals surface area contributed by atoms with Crippen LogP contribution in [0.2, 0.25) is 5.02 Å². The van der Waals surface area contributed by atoms with Crippen LogP contribution in [0.5, 0.6) is 0 Å². The Morgan fingerprint density at radius 3 is 2.47 bits per heavy atom. The fourth-order valence-electron chi connectivity index (χ4n) is 3.36. The van der Waals surface area contributed by atoms with Gasteiger partial charge in [-0.3, -0.25) is 10.1 Å². The number of carbonyl (C=O) groups excluding carboxylic acids is 1. The Morgan fingerprint density at radius 2 is 1.78 bits per heavy atom. The Bertz CT molecular complexity index is 1240. The molecule has 3 aromatic rings. The summed E-state index contributed by atoms with van der Waals surface area (Å²) in [7, 11) is -4.22. The Kier molecular flexibility index (Phi) is 6.22. The van der Waals surface area contributed by atoms with E-state index in [4.69, 9.17) is 16.0 Å². The highest BCUT2D eigenvalue weighted by molar-refractivity contribution is 7.89. The van der Waals surface area contributed by atoms with Crippen molar-refractivity contribution < 1.29 is 26.4 Å². The van der Waals surface area contributed by atoms with Crippen LogP contribution in [0, 0.1) is 17.6 Å². The highest BCUT2D eigenvalue weighted by Gasteiger charge is 2.34. The minimum absolute atomic E-state index is 0.0176. The van der Waals surface area contributed by atoms with Crippen LogP contribution in [0.1, 0.15) is 12.8 Å². The molecule has 1 saturated heterocycles. The van der Waals surface area contributed by atoms with E-state index in [0.29, 0.717) is 16.7 Å². The summed E-state index contributed by atoms with van der Waals surface area (Å²) in [4.78, 5) is 11.8. The molecule has 0 aliphatic carbocycles. The lowest BCUT2D eigenvalue weighted by molar-refractivity contribution is -0.121. The molecule has 1 aromatic heterocycles. The first-order chi connectivity index (χ1) is 15.2. The van der Waals surface area contributed by atoms with Crippen molar-refractivity contribution in [2.24, 2.45) is 5.92 Å². The van der Waals surface area contributed by atoms with Crippen LogP contribution in [-0.2, 0) is 14.8 Å². The number of hydrogen-bond donors (Lipinski definition) is 1. The lowest BCUT2D eigenvalue weighted by Gasteiger charge is -2.30. The second-order valence-electron chi connectivity index (χ2n) is 7.16. The van der Waals surface area contributed by atoms with Crippen LogP contribution in [0.25, 0.3) is 11.5 Å². The molecule has 0 unspecified atom stereocenters. The predicted molar refractivity (Wildman–Crippen MR) is 111 cm³/mol. The largest absolute Gasteiger partial charge is 0.403 e. The molecule has 1 N–H and O–H groups in total. The van der Waals surface area contributed by atoms with Gasteiger partial charge in [-0.2, -0.15) is 4.31 Å². The number of sulfonamides is 1. The monoisotopic (exact) mass is 482 g/mol. The van der Waals surface area contributed by atoms with Gasteiger partial charge in [0.05, 0.1) is 0 Å². The van der Waals surface area contributed by atoms with Crippen LogP contribution in [0.3, 0.4) is 0 Å². The van der Waals surface area contributed by atoms with Crippen molar-refractivity contribution in [2.45, 2.75) is 17.7 Å². The fourth-order valence-corrected chi connectivity index (χ4v) is 5.03. The number of carbonyl (C=O) groups is 1. The van der Waals surface area contributed by atoms with Crippen molar-refractivity contribution in [3.8, 4) is 11.5 Å². The first-order valence-corrected chi connectivity index (χ1v) is 11.4. The molecule has 0 radical (unpaired) electrons. The normalized spacial score (nSPS) is 15.6. The molecule has 0 spiro atoms. The van der Waals surface area contributed by atoms with Gasteiger partial charge < -0.3 is 4.42 Å². The van der Waals surface area contributed by atoms with E-state index in [1.165, 1.54) is 0 Å². The number of anilines is 1. The van der Waals surface area contributed by atoms with E-state index in [2.05, 4.69) is 15.5 Å². The molecule has 2 aromatic carbocycles. The van der Waals surface area contributed by atoms with Gasteiger partial charge >= 0.3 is 6.01 Å². The smallest absolute Gasteiger partial charge is 0.322 e. The topological polar surface area (TPSA) is 105 Å². The quantitative estimate of drug-likeness (QED) is 0.594. The molecule has 0 saturated carbocycles. The zero-order valence-electron chi connectivity index (χ0n) is 16.5. The van der Waals surface area contributed by atoms with Crippen LogP contribution in [0.15, 0.2) is 51.8 Å².